The molecule has 3 unspecified atom stereocenters. The summed E-state index contributed by atoms with van der Waals surface area (Å²) in [7, 11) is 0. The molecule has 0 saturated carbocycles. The Balaban J connectivity index is 1.40. The van der Waals surface area contributed by atoms with Gasteiger partial charge in [-0.2, -0.15) is 0 Å². The van der Waals surface area contributed by atoms with Gasteiger partial charge in [0.25, 0.3) is 0 Å². The van der Waals surface area contributed by atoms with Crippen LogP contribution in [0, 0.1) is 0 Å². The molecule has 126 valence electrons. The van der Waals surface area contributed by atoms with Crippen molar-refractivity contribution < 1.29 is 23.2 Å². The zero-order chi connectivity index (χ0) is 17.1. The molecule has 25 heavy (non-hydrogen) atoms. The summed E-state index contributed by atoms with van der Waals surface area (Å²) in [6.45, 7) is 2.36. The van der Waals surface area contributed by atoms with Gasteiger partial charge in [-0.25, -0.2) is 0 Å². The first kappa shape index (κ1) is 17.2. The summed E-state index contributed by atoms with van der Waals surface area (Å²) in [5, 5.41) is 0. The van der Waals surface area contributed by atoms with Crippen LogP contribution in [0.2, 0.25) is 3.63 Å². The molecule has 2 aliphatic carbocycles. The third-order valence-corrected chi connectivity index (χ3v) is 10.3. The van der Waals surface area contributed by atoms with Gasteiger partial charge in [0.05, 0.1) is 0 Å². The van der Waals surface area contributed by atoms with Crippen LogP contribution in [0.25, 0.3) is 12.2 Å². The van der Waals surface area contributed by atoms with Crippen LogP contribution in [-0.4, -0.2) is 0 Å². The first-order valence-corrected chi connectivity index (χ1v) is 12.5. The Kier molecular flexibility index (Phi) is 5.52. The second-order valence-electron chi connectivity index (χ2n) is 7.29. The summed E-state index contributed by atoms with van der Waals surface area (Å²) < 4.78 is 1.79. The maximum atomic E-state index is 2.50. The maximum absolute atomic E-state index is 2.50. The summed E-state index contributed by atoms with van der Waals surface area (Å²) in [6, 6.07) is 18.0. The molecule has 0 N–H and O–H groups in total. The summed E-state index contributed by atoms with van der Waals surface area (Å²) >= 11 is -0.466. The van der Waals surface area contributed by atoms with E-state index in [0.717, 1.165) is 7.25 Å². The molecule has 0 spiro atoms. The molecular weight excluding hydrogens is 379 g/mol. The first-order chi connectivity index (χ1) is 12.3. The van der Waals surface area contributed by atoms with Gasteiger partial charge in [-0.05, 0) is 0 Å². The molecular formula is C24H26Zr. The van der Waals surface area contributed by atoms with Gasteiger partial charge >= 0.3 is 164 Å². The average molecular weight is 406 g/mol. The van der Waals surface area contributed by atoms with Crippen LogP contribution in [0.5, 0.6) is 0 Å². The average Bonchev–Trinajstić information content (AvgIpc) is 3.24. The molecule has 0 amide bonds. The molecule has 0 bridgehead atoms. The van der Waals surface area contributed by atoms with Crippen molar-refractivity contribution in [1.29, 1.82) is 0 Å². The number of allylic oxidation sites excluding steroid dienone is 2. The SMILES string of the molecule is CCC[CH](CCC1C=Cc2ccccc21)[Zr][CH]1C=Cc2ccccc21. The Bertz CT molecular complexity index is 786. The second-order valence-corrected chi connectivity index (χ2v) is 11.6. The van der Waals surface area contributed by atoms with E-state index < -0.39 is 23.2 Å². The summed E-state index contributed by atoms with van der Waals surface area (Å²) in [4.78, 5) is 0. The summed E-state index contributed by atoms with van der Waals surface area (Å²) in [5.41, 5.74) is 6.07. The molecule has 4 rings (SSSR count). The van der Waals surface area contributed by atoms with Crippen molar-refractivity contribution in [3.8, 4) is 0 Å². The fourth-order valence-corrected chi connectivity index (χ4v) is 9.05. The zero-order valence-electron chi connectivity index (χ0n) is 15.0. The Morgan fingerprint density at radius 2 is 1.52 bits per heavy atom. The minimum absolute atomic E-state index is 0.466. The molecule has 0 aliphatic heterocycles. The van der Waals surface area contributed by atoms with Crippen LogP contribution in [0.3, 0.4) is 0 Å². The third-order valence-electron chi connectivity index (χ3n) is 5.58. The van der Waals surface area contributed by atoms with Gasteiger partial charge in [0.2, 0.25) is 0 Å². The van der Waals surface area contributed by atoms with Crippen LogP contribution in [0.4, 0.5) is 0 Å². The van der Waals surface area contributed by atoms with E-state index in [1.54, 1.807) is 11.1 Å². The molecule has 0 aromatic heterocycles. The second kappa shape index (κ2) is 8.00. The third kappa shape index (κ3) is 3.82. The van der Waals surface area contributed by atoms with E-state index in [1.165, 1.54) is 36.8 Å². The Hall–Kier alpha value is -1.20. The quantitative estimate of drug-likeness (QED) is 0.464. The molecule has 0 radical (unpaired) electrons. The minimum atomic E-state index is -0.466. The zero-order valence-corrected chi connectivity index (χ0v) is 17.4. The van der Waals surface area contributed by atoms with Gasteiger partial charge in [-0.3, -0.25) is 0 Å². The Labute approximate surface area is 163 Å². The predicted octanol–water partition coefficient (Wildman–Crippen LogP) is 7.02. The fourth-order valence-electron chi connectivity index (χ4n) is 4.26. The van der Waals surface area contributed by atoms with Crippen molar-refractivity contribution in [2.45, 2.75) is 45.8 Å². The van der Waals surface area contributed by atoms with Gasteiger partial charge in [-0.1, -0.05) is 0 Å². The summed E-state index contributed by atoms with van der Waals surface area (Å²) in [5.74, 6) is 0.654. The normalized spacial score (nSPS) is 21.2. The fraction of sp³-hybridized carbons (Fsp3) is 0.333. The predicted molar refractivity (Wildman–Crippen MR) is 104 cm³/mol. The van der Waals surface area contributed by atoms with E-state index in [4.69, 9.17) is 0 Å². The van der Waals surface area contributed by atoms with Gasteiger partial charge in [0.1, 0.15) is 0 Å². The molecule has 2 aromatic rings. The van der Waals surface area contributed by atoms with Gasteiger partial charge in [0.15, 0.2) is 0 Å². The number of rotatable bonds is 7. The standard InChI is InChI=1S/C15H19.C9H7.Zr/c1-2-3-4-5-8-13-11-12-14-9-6-7-10-15(13)14;1-2-5-9-7-3-6-8(9)4-1;/h4,6-7,9-13H,2-3,5,8H2,1H3;1-7H;. The molecule has 2 aromatic carbocycles. The number of hydrogen-bond acceptors (Lipinski definition) is 0. The van der Waals surface area contributed by atoms with Crippen molar-refractivity contribution in [2.24, 2.45) is 0 Å². The van der Waals surface area contributed by atoms with Crippen LogP contribution >= 0.6 is 0 Å². The number of benzene rings is 2. The molecule has 0 heterocycles. The van der Waals surface area contributed by atoms with E-state index in [0.29, 0.717) is 5.92 Å². The van der Waals surface area contributed by atoms with Gasteiger partial charge < -0.3 is 0 Å². The number of fused-ring (bicyclic) bond motifs is 2. The van der Waals surface area contributed by atoms with Crippen molar-refractivity contribution >= 4 is 12.2 Å². The van der Waals surface area contributed by atoms with E-state index in [2.05, 4.69) is 79.8 Å². The summed E-state index contributed by atoms with van der Waals surface area (Å²) in [6.07, 6.45) is 15.1. The van der Waals surface area contributed by atoms with Crippen LogP contribution in [0.1, 0.15) is 64.4 Å². The van der Waals surface area contributed by atoms with Gasteiger partial charge in [-0.15, -0.1) is 0 Å². The Morgan fingerprint density at radius 3 is 2.32 bits per heavy atom. The van der Waals surface area contributed by atoms with Crippen molar-refractivity contribution in [1.82, 2.24) is 0 Å². The van der Waals surface area contributed by atoms with Crippen molar-refractivity contribution in [3.05, 3.63) is 82.9 Å². The first-order valence-electron chi connectivity index (χ1n) is 9.65. The molecule has 3 atom stereocenters. The molecule has 2 aliphatic rings. The van der Waals surface area contributed by atoms with E-state index in [1.807, 2.05) is 0 Å². The monoisotopic (exact) mass is 404 g/mol. The van der Waals surface area contributed by atoms with Crippen LogP contribution in [0.15, 0.2) is 60.7 Å². The molecule has 0 nitrogen and oxygen atoms in total. The van der Waals surface area contributed by atoms with Crippen LogP contribution in [-0.2, 0) is 23.2 Å². The van der Waals surface area contributed by atoms with E-state index >= 15 is 0 Å². The van der Waals surface area contributed by atoms with Crippen LogP contribution < -0.4 is 0 Å². The Morgan fingerprint density at radius 1 is 0.840 bits per heavy atom. The van der Waals surface area contributed by atoms with E-state index in [-0.39, 0.29) is 0 Å². The topological polar surface area (TPSA) is 0 Å². The number of hydrogen-bond donors (Lipinski definition) is 0. The molecule has 1 heteroatoms. The van der Waals surface area contributed by atoms with Gasteiger partial charge in [0, 0.05) is 0 Å². The van der Waals surface area contributed by atoms with Crippen molar-refractivity contribution in [2.75, 3.05) is 0 Å². The molecule has 0 saturated heterocycles. The van der Waals surface area contributed by atoms with E-state index in [9.17, 15) is 0 Å². The van der Waals surface area contributed by atoms with Crippen molar-refractivity contribution in [3.63, 3.8) is 0 Å². The molecule has 0 fully saturated rings.